The van der Waals surface area contributed by atoms with Crippen LogP contribution in [0.15, 0.2) is 53.8 Å². The Morgan fingerprint density at radius 1 is 1.12 bits per heavy atom. The van der Waals surface area contributed by atoms with Crippen LogP contribution in [0.4, 0.5) is 13.2 Å². The molecule has 2 fully saturated rings. The number of halogens is 4. The van der Waals surface area contributed by atoms with Crippen molar-refractivity contribution in [3.8, 4) is 11.4 Å². The fourth-order valence-corrected chi connectivity index (χ4v) is 5.63. The monoisotopic (exact) mass is 495 g/mol. The summed E-state index contributed by atoms with van der Waals surface area (Å²) >= 11 is 1.70. The topological polar surface area (TPSA) is 46.8 Å². The van der Waals surface area contributed by atoms with Gasteiger partial charge in [0.1, 0.15) is 5.69 Å². The Labute approximate surface area is 201 Å². The molecule has 5 rings (SSSR count). The second-order valence-electron chi connectivity index (χ2n) is 8.66. The lowest BCUT2D eigenvalue weighted by molar-refractivity contribution is -0.141. The highest BCUT2D eigenvalue weighted by atomic mass is 35.5. The number of benzene rings is 1. The molecular weight excluding hydrogens is 471 g/mol. The van der Waals surface area contributed by atoms with Gasteiger partial charge >= 0.3 is 6.18 Å². The molecular formula is C23H25ClF3N5S. The summed E-state index contributed by atoms with van der Waals surface area (Å²) in [6.45, 7) is 2.88. The maximum atomic E-state index is 12.8. The molecule has 1 aliphatic heterocycles. The van der Waals surface area contributed by atoms with E-state index in [9.17, 15) is 13.2 Å². The fraction of sp³-hybridized carbons (Fsp3) is 0.435. The molecule has 176 valence electrons. The van der Waals surface area contributed by atoms with Gasteiger partial charge in [0.05, 0.1) is 0 Å². The summed E-state index contributed by atoms with van der Waals surface area (Å²) in [6, 6.07) is 12.8. The van der Waals surface area contributed by atoms with E-state index in [1.165, 1.54) is 6.20 Å². The molecule has 1 saturated heterocycles. The molecule has 0 N–H and O–H groups in total. The Bertz CT molecular complexity index is 1090. The smallest absolute Gasteiger partial charge is 0.305 e. The summed E-state index contributed by atoms with van der Waals surface area (Å²) in [4.78, 5) is 6.10. The number of piperidine rings is 1. The zero-order valence-corrected chi connectivity index (χ0v) is 19.8. The number of nitrogens with zero attached hydrogens (tertiary/aromatic N) is 5. The van der Waals surface area contributed by atoms with Crippen molar-refractivity contribution in [2.45, 2.75) is 29.6 Å². The van der Waals surface area contributed by atoms with E-state index in [4.69, 9.17) is 0 Å². The van der Waals surface area contributed by atoms with Crippen LogP contribution >= 0.6 is 24.2 Å². The lowest BCUT2D eigenvalue weighted by Gasteiger charge is -2.21. The molecule has 3 aromatic rings. The first-order valence-corrected chi connectivity index (χ1v) is 11.7. The van der Waals surface area contributed by atoms with Crippen molar-refractivity contribution in [2.24, 2.45) is 13.0 Å². The van der Waals surface area contributed by atoms with Crippen LogP contribution in [0.1, 0.15) is 24.1 Å². The van der Waals surface area contributed by atoms with Crippen molar-refractivity contribution >= 4 is 24.2 Å². The van der Waals surface area contributed by atoms with Crippen LogP contribution in [0, 0.1) is 5.92 Å². The number of hydrogen-bond donors (Lipinski definition) is 0. The molecule has 2 atom stereocenters. The van der Waals surface area contributed by atoms with Crippen molar-refractivity contribution < 1.29 is 13.2 Å². The van der Waals surface area contributed by atoms with Gasteiger partial charge < -0.3 is 9.47 Å². The Morgan fingerprint density at radius 2 is 1.91 bits per heavy atom. The highest BCUT2D eigenvalue weighted by Gasteiger charge is 2.60. The van der Waals surface area contributed by atoms with E-state index in [2.05, 4.69) is 20.1 Å². The molecule has 1 aliphatic carbocycles. The van der Waals surface area contributed by atoms with Gasteiger partial charge in [-0.25, -0.2) is 0 Å². The standard InChI is InChI=1S/C23H24F3N5S.ClH/c1-30-20(16-6-3-2-4-7-16)28-29-21(30)32-11-5-10-31-14-18-12-22(18,15-31)17-8-9-19(27-13-17)23(24,25)26;/h2-4,6-9,13,18H,5,10-12,14-15H2,1H3;1H/t18-,22+;/m1./s1. The van der Waals surface area contributed by atoms with Crippen molar-refractivity contribution in [1.82, 2.24) is 24.6 Å². The minimum atomic E-state index is -4.39. The van der Waals surface area contributed by atoms with Gasteiger partial charge in [-0.05, 0) is 36.9 Å². The van der Waals surface area contributed by atoms with E-state index in [0.29, 0.717) is 5.92 Å². The summed E-state index contributed by atoms with van der Waals surface area (Å²) in [7, 11) is 1.99. The molecule has 5 nitrogen and oxygen atoms in total. The molecule has 1 saturated carbocycles. The number of fused-ring (bicyclic) bond motifs is 1. The van der Waals surface area contributed by atoms with E-state index in [1.807, 2.05) is 41.9 Å². The van der Waals surface area contributed by atoms with Crippen LogP contribution in [0.2, 0.25) is 0 Å². The van der Waals surface area contributed by atoms with Gasteiger partial charge in [0.2, 0.25) is 0 Å². The van der Waals surface area contributed by atoms with Crippen LogP contribution in [-0.4, -0.2) is 50.0 Å². The second-order valence-corrected chi connectivity index (χ2v) is 9.72. The minimum Gasteiger partial charge on any atom is -0.305 e. The fourth-order valence-electron chi connectivity index (χ4n) is 4.79. The van der Waals surface area contributed by atoms with Crippen molar-refractivity contribution in [3.63, 3.8) is 0 Å². The van der Waals surface area contributed by atoms with Gasteiger partial charge in [-0.3, -0.25) is 4.98 Å². The molecule has 0 radical (unpaired) electrons. The highest BCUT2D eigenvalue weighted by Crippen LogP contribution is 2.58. The number of pyridine rings is 1. The van der Waals surface area contributed by atoms with Gasteiger partial charge in [0.25, 0.3) is 0 Å². The maximum Gasteiger partial charge on any atom is 0.433 e. The Morgan fingerprint density at radius 3 is 2.61 bits per heavy atom. The SMILES string of the molecule is Cl.Cn1c(SCCCN2C[C@H]3C[C@@]3(c3ccc(C(F)(F)F)nc3)C2)nnc1-c1ccccc1. The molecule has 3 heterocycles. The molecule has 2 aromatic heterocycles. The molecule has 0 amide bonds. The summed E-state index contributed by atoms with van der Waals surface area (Å²) in [5.74, 6) is 2.33. The first kappa shape index (κ1) is 24.0. The van der Waals surface area contributed by atoms with Crippen molar-refractivity contribution in [2.75, 3.05) is 25.4 Å². The van der Waals surface area contributed by atoms with Crippen LogP contribution in [0.5, 0.6) is 0 Å². The number of thioether (sulfide) groups is 1. The quantitative estimate of drug-likeness (QED) is 0.338. The van der Waals surface area contributed by atoms with Gasteiger partial charge in [0.15, 0.2) is 11.0 Å². The van der Waals surface area contributed by atoms with Gasteiger partial charge in [-0.2, -0.15) is 13.2 Å². The van der Waals surface area contributed by atoms with E-state index < -0.39 is 11.9 Å². The third-order valence-corrected chi connectivity index (χ3v) is 7.67. The van der Waals surface area contributed by atoms with E-state index >= 15 is 0 Å². The van der Waals surface area contributed by atoms with E-state index in [1.54, 1.807) is 17.8 Å². The molecule has 10 heteroatoms. The van der Waals surface area contributed by atoms with Crippen molar-refractivity contribution in [1.29, 1.82) is 0 Å². The maximum absolute atomic E-state index is 12.8. The number of likely N-dealkylation sites (tertiary alicyclic amines) is 1. The summed E-state index contributed by atoms with van der Waals surface area (Å²) < 4.78 is 40.4. The number of hydrogen-bond acceptors (Lipinski definition) is 5. The first-order valence-electron chi connectivity index (χ1n) is 10.7. The zero-order valence-electron chi connectivity index (χ0n) is 18.1. The Hall–Kier alpha value is -2.10. The highest BCUT2D eigenvalue weighted by molar-refractivity contribution is 7.99. The molecule has 2 aliphatic rings. The van der Waals surface area contributed by atoms with Crippen LogP contribution in [0.25, 0.3) is 11.4 Å². The van der Waals surface area contributed by atoms with Gasteiger partial charge in [-0.15, -0.1) is 22.6 Å². The average Bonchev–Trinajstić information content (AvgIpc) is 3.16. The Balaban J connectivity index is 0.00000259. The minimum absolute atomic E-state index is 0. The normalized spacial score (nSPS) is 22.1. The predicted molar refractivity (Wildman–Crippen MR) is 124 cm³/mol. The first-order chi connectivity index (χ1) is 15.4. The van der Waals surface area contributed by atoms with Crippen LogP contribution < -0.4 is 0 Å². The number of alkyl halides is 3. The van der Waals surface area contributed by atoms with Gasteiger partial charge in [0, 0.05) is 43.1 Å². The van der Waals surface area contributed by atoms with E-state index in [0.717, 1.165) is 66.4 Å². The third-order valence-electron chi connectivity index (χ3n) is 6.56. The zero-order chi connectivity index (χ0) is 22.3. The Kier molecular flexibility index (Phi) is 6.75. The molecule has 0 spiro atoms. The summed E-state index contributed by atoms with van der Waals surface area (Å²) in [6.07, 6.45) is -0.886. The lowest BCUT2D eigenvalue weighted by Crippen LogP contribution is -2.28. The second kappa shape index (κ2) is 9.27. The lowest BCUT2D eigenvalue weighted by atomic mass is 9.96. The number of rotatable bonds is 7. The van der Waals surface area contributed by atoms with Gasteiger partial charge in [-0.1, -0.05) is 48.2 Å². The summed E-state index contributed by atoms with van der Waals surface area (Å²) in [5, 5.41) is 9.56. The van der Waals surface area contributed by atoms with Crippen LogP contribution in [-0.2, 0) is 18.6 Å². The predicted octanol–water partition coefficient (Wildman–Crippen LogP) is 5.07. The summed E-state index contributed by atoms with van der Waals surface area (Å²) in [5.41, 5.74) is 1.17. The van der Waals surface area contributed by atoms with E-state index in [-0.39, 0.29) is 17.8 Å². The van der Waals surface area contributed by atoms with Crippen LogP contribution in [0.3, 0.4) is 0 Å². The third kappa shape index (κ3) is 4.76. The molecule has 0 unspecified atom stereocenters. The molecule has 0 bridgehead atoms. The molecule has 1 aromatic carbocycles. The number of aromatic nitrogens is 4. The largest absolute Gasteiger partial charge is 0.433 e. The van der Waals surface area contributed by atoms with Crippen molar-refractivity contribution in [3.05, 3.63) is 59.9 Å². The molecule has 33 heavy (non-hydrogen) atoms. The average molecular weight is 496 g/mol.